The van der Waals surface area contributed by atoms with Crippen molar-refractivity contribution in [2.24, 2.45) is 0 Å². The number of nitrogens with two attached hydrogens (primary N) is 1. The van der Waals surface area contributed by atoms with E-state index in [1.165, 1.54) is 10.9 Å². The molecule has 6 heteroatoms. The first-order valence-corrected chi connectivity index (χ1v) is 6.64. The molecular weight excluding hydrogens is 276 g/mol. The molecule has 5 nitrogen and oxygen atoms in total. The molecule has 1 aromatic heterocycles. The van der Waals surface area contributed by atoms with Crippen LogP contribution in [0.3, 0.4) is 0 Å². The molecule has 1 aromatic carbocycles. The highest BCUT2D eigenvalue weighted by molar-refractivity contribution is 6.30. The third kappa shape index (κ3) is 3.30. The van der Waals surface area contributed by atoms with Gasteiger partial charge in [-0.1, -0.05) is 23.7 Å². The molecule has 2 aromatic rings. The lowest BCUT2D eigenvalue weighted by atomic mass is 10.1. The Morgan fingerprint density at radius 3 is 2.90 bits per heavy atom. The minimum Gasteiger partial charge on any atom is -0.396 e. The molecule has 2 N–H and O–H groups in total. The number of rotatable bonds is 4. The summed E-state index contributed by atoms with van der Waals surface area (Å²) in [6.45, 7) is 2.12. The summed E-state index contributed by atoms with van der Waals surface area (Å²) in [6.07, 6.45) is 3.16. The molecule has 0 radical (unpaired) electrons. The van der Waals surface area contributed by atoms with Crippen molar-refractivity contribution in [2.75, 3.05) is 12.8 Å². The van der Waals surface area contributed by atoms with Gasteiger partial charge in [-0.3, -0.25) is 9.48 Å². The fourth-order valence-electron chi connectivity index (χ4n) is 1.92. The van der Waals surface area contributed by atoms with E-state index in [-0.39, 0.29) is 18.5 Å². The van der Waals surface area contributed by atoms with Crippen LogP contribution >= 0.6 is 11.6 Å². The number of halogens is 1. The fourth-order valence-corrected chi connectivity index (χ4v) is 2.12. The SMILES string of the molecule is CC(c1cccc(Cl)c1)N(C)C(=O)Cn1cc(N)cn1. The molecule has 0 aliphatic rings. The summed E-state index contributed by atoms with van der Waals surface area (Å²) >= 11 is 5.97. The highest BCUT2D eigenvalue weighted by Crippen LogP contribution is 2.22. The molecule has 1 atom stereocenters. The Labute approximate surface area is 122 Å². The van der Waals surface area contributed by atoms with Crippen LogP contribution in [0.5, 0.6) is 0 Å². The summed E-state index contributed by atoms with van der Waals surface area (Å²) in [4.78, 5) is 13.9. The van der Waals surface area contributed by atoms with Gasteiger partial charge in [0.15, 0.2) is 0 Å². The van der Waals surface area contributed by atoms with Gasteiger partial charge in [-0.05, 0) is 24.6 Å². The second-order valence-corrected chi connectivity index (χ2v) is 5.14. The van der Waals surface area contributed by atoms with Crippen molar-refractivity contribution in [1.29, 1.82) is 0 Å². The first-order chi connectivity index (χ1) is 9.47. The van der Waals surface area contributed by atoms with Crippen molar-refractivity contribution >= 4 is 23.2 Å². The third-order valence-electron chi connectivity index (χ3n) is 3.26. The maximum absolute atomic E-state index is 12.2. The first-order valence-electron chi connectivity index (χ1n) is 6.26. The highest BCUT2D eigenvalue weighted by Gasteiger charge is 2.18. The number of nitrogens with zero attached hydrogens (tertiary/aromatic N) is 3. The Hall–Kier alpha value is -2.01. The van der Waals surface area contributed by atoms with Gasteiger partial charge >= 0.3 is 0 Å². The number of amides is 1. The van der Waals surface area contributed by atoms with Gasteiger partial charge < -0.3 is 10.6 Å². The van der Waals surface area contributed by atoms with E-state index in [4.69, 9.17) is 17.3 Å². The summed E-state index contributed by atoms with van der Waals surface area (Å²) in [5.41, 5.74) is 7.11. The first kappa shape index (κ1) is 14.4. The molecule has 2 rings (SSSR count). The average molecular weight is 293 g/mol. The maximum Gasteiger partial charge on any atom is 0.244 e. The predicted molar refractivity (Wildman–Crippen MR) is 79.3 cm³/mol. The lowest BCUT2D eigenvalue weighted by Crippen LogP contribution is -2.32. The third-order valence-corrected chi connectivity index (χ3v) is 3.49. The van der Waals surface area contributed by atoms with Crippen LogP contribution in [0.1, 0.15) is 18.5 Å². The van der Waals surface area contributed by atoms with Crippen LogP contribution in [0, 0.1) is 0 Å². The molecule has 0 aliphatic heterocycles. The van der Waals surface area contributed by atoms with E-state index in [1.807, 2.05) is 31.2 Å². The summed E-state index contributed by atoms with van der Waals surface area (Å²) < 4.78 is 1.53. The quantitative estimate of drug-likeness (QED) is 0.941. The van der Waals surface area contributed by atoms with E-state index in [2.05, 4.69) is 5.10 Å². The molecule has 1 amide bonds. The molecule has 20 heavy (non-hydrogen) atoms. The predicted octanol–water partition coefficient (Wildman–Crippen LogP) is 2.34. The topological polar surface area (TPSA) is 64.2 Å². The molecular formula is C14H17ClN4O. The van der Waals surface area contributed by atoms with Crippen molar-refractivity contribution in [3.8, 4) is 0 Å². The minimum atomic E-state index is -0.0610. The van der Waals surface area contributed by atoms with E-state index in [1.54, 1.807) is 18.1 Å². The van der Waals surface area contributed by atoms with E-state index in [0.717, 1.165) is 5.56 Å². The molecule has 0 bridgehead atoms. The second kappa shape index (κ2) is 5.96. The van der Waals surface area contributed by atoms with Crippen LogP contribution < -0.4 is 5.73 Å². The lowest BCUT2D eigenvalue weighted by molar-refractivity contribution is -0.132. The Morgan fingerprint density at radius 2 is 2.30 bits per heavy atom. The fraction of sp³-hybridized carbons (Fsp3) is 0.286. The number of hydrogen-bond acceptors (Lipinski definition) is 3. The van der Waals surface area contributed by atoms with Gasteiger partial charge in [-0.2, -0.15) is 5.10 Å². The average Bonchev–Trinajstić information content (AvgIpc) is 2.82. The summed E-state index contributed by atoms with van der Waals surface area (Å²) in [6, 6.07) is 7.44. The number of hydrogen-bond donors (Lipinski definition) is 1. The molecule has 0 saturated carbocycles. The van der Waals surface area contributed by atoms with Gasteiger partial charge in [0.25, 0.3) is 0 Å². The molecule has 0 saturated heterocycles. The van der Waals surface area contributed by atoms with Gasteiger partial charge in [-0.25, -0.2) is 0 Å². The number of aromatic nitrogens is 2. The zero-order chi connectivity index (χ0) is 14.7. The van der Waals surface area contributed by atoms with Gasteiger partial charge in [0.2, 0.25) is 5.91 Å². The van der Waals surface area contributed by atoms with Gasteiger partial charge in [0.1, 0.15) is 6.54 Å². The summed E-state index contributed by atoms with van der Waals surface area (Å²) in [7, 11) is 1.76. The molecule has 1 unspecified atom stereocenters. The minimum absolute atomic E-state index is 0.0411. The lowest BCUT2D eigenvalue weighted by Gasteiger charge is -2.25. The van der Waals surface area contributed by atoms with Crippen molar-refractivity contribution in [2.45, 2.75) is 19.5 Å². The van der Waals surface area contributed by atoms with Crippen molar-refractivity contribution in [3.05, 3.63) is 47.2 Å². The Bertz CT molecular complexity index is 611. The van der Waals surface area contributed by atoms with Crippen LogP contribution in [0.4, 0.5) is 5.69 Å². The van der Waals surface area contributed by atoms with Crippen molar-refractivity contribution in [3.63, 3.8) is 0 Å². The largest absolute Gasteiger partial charge is 0.396 e. The van der Waals surface area contributed by atoms with E-state index in [9.17, 15) is 4.79 Å². The second-order valence-electron chi connectivity index (χ2n) is 4.71. The molecule has 1 heterocycles. The maximum atomic E-state index is 12.2. The highest BCUT2D eigenvalue weighted by atomic mass is 35.5. The molecule has 0 aliphatic carbocycles. The number of likely N-dealkylation sites (N-methyl/N-ethyl adjacent to an activating group) is 1. The number of nitrogen functional groups attached to an aromatic ring is 1. The van der Waals surface area contributed by atoms with E-state index < -0.39 is 0 Å². The molecule has 0 fully saturated rings. The number of benzene rings is 1. The Kier molecular flexibility index (Phi) is 4.29. The summed E-state index contributed by atoms with van der Waals surface area (Å²) in [5, 5.41) is 4.67. The van der Waals surface area contributed by atoms with E-state index >= 15 is 0 Å². The monoisotopic (exact) mass is 292 g/mol. The van der Waals surface area contributed by atoms with Crippen LogP contribution in [0.25, 0.3) is 0 Å². The smallest absolute Gasteiger partial charge is 0.244 e. The van der Waals surface area contributed by atoms with Crippen LogP contribution in [-0.4, -0.2) is 27.6 Å². The number of carbonyl (C=O) groups is 1. The van der Waals surface area contributed by atoms with Crippen LogP contribution in [0.2, 0.25) is 5.02 Å². The van der Waals surface area contributed by atoms with Gasteiger partial charge in [0.05, 0.1) is 17.9 Å². The standard InChI is InChI=1S/C14H17ClN4O/c1-10(11-4-3-5-12(15)6-11)18(2)14(20)9-19-8-13(16)7-17-19/h3-8,10H,9,16H2,1-2H3. The molecule has 0 spiro atoms. The van der Waals surface area contributed by atoms with Crippen LogP contribution in [0.15, 0.2) is 36.7 Å². The summed E-state index contributed by atoms with van der Waals surface area (Å²) in [5.74, 6) is -0.0411. The van der Waals surface area contributed by atoms with E-state index in [0.29, 0.717) is 10.7 Å². The van der Waals surface area contributed by atoms with Crippen LogP contribution in [-0.2, 0) is 11.3 Å². The number of anilines is 1. The molecule has 106 valence electrons. The zero-order valence-electron chi connectivity index (χ0n) is 11.5. The van der Waals surface area contributed by atoms with Crippen molar-refractivity contribution < 1.29 is 4.79 Å². The van der Waals surface area contributed by atoms with Gasteiger partial charge in [-0.15, -0.1) is 0 Å². The number of carbonyl (C=O) groups excluding carboxylic acids is 1. The van der Waals surface area contributed by atoms with Crippen molar-refractivity contribution in [1.82, 2.24) is 14.7 Å². The zero-order valence-corrected chi connectivity index (χ0v) is 12.2. The van der Waals surface area contributed by atoms with Gasteiger partial charge in [0, 0.05) is 18.3 Å². The normalized spacial score (nSPS) is 12.2. The Balaban J connectivity index is 2.06. The Morgan fingerprint density at radius 1 is 1.55 bits per heavy atom.